The molecule has 1 amide bonds. The minimum atomic E-state index is -0.0962. The molecule has 0 saturated carbocycles. The number of rotatable bonds is 3. The van der Waals surface area contributed by atoms with Crippen LogP contribution in [0.4, 0.5) is 11.5 Å². The van der Waals surface area contributed by atoms with E-state index in [4.69, 9.17) is 0 Å². The molecule has 2 aromatic heterocycles. The molecule has 26 heavy (non-hydrogen) atoms. The number of aryl methyl sites for hydroxylation is 1. The second kappa shape index (κ2) is 7.03. The molecule has 1 fully saturated rings. The number of benzene rings is 1. The molecule has 134 valence electrons. The number of nitrogens with one attached hydrogen (secondary N) is 1. The summed E-state index contributed by atoms with van der Waals surface area (Å²) in [5, 5.41) is 3.90. The zero-order chi connectivity index (χ0) is 18.1. The first-order valence-corrected chi connectivity index (χ1v) is 9.80. The van der Waals surface area contributed by atoms with Gasteiger partial charge in [0.15, 0.2) is 0 Å². The van der Waals surface area contributed by atoms with Crippen LogP contribution in [-0.4, -0.2) is 29.0 Å². The highest BCUT2D eigenvalue weighted by Gasteiger charge is 2.25. The quantitative estimate of drug-likeness (QED) is 0.742. The lowest BCUT2D eigenvalue weighted by atomic mass is 10.00. The minimum Gasteiger partial charge on any atom is -0.356 e. The van der Waals surface area contributed by atoms with Crippen LogP contribution in [0.25, 0.3) is 10.2 Å². The molecule has 0 unspecified atom stereocenters. The van der Waals surface area contributed by atoms with Crippen molar-refractivity contribution in [3.8, 4) is 0 Å². The summed E-state index contributed by atoms with van der Waals surface area (Å²) in [6, 6.07) is 9.55. The Labute approximate surface area is 157 Å². The molecule has 3 aromatic rings. The standard InChI is InChI=1S/C20H22N4OS/c1-13-7-6-10-24(11-13)18-17-16(14(2)26-20(17)22-12-21-18)19(25)23-15-8-4-3-5-9-15/h3-5,8-9,12-13H,6-7,10-11H2,1-2H3,(H,23,25)/t13-/m0/s1. The number of piperidine rings is 1. The van der Waals surface area contributed by atoms with Gasteiger partial charge in [-0.1, -0.05) is 25.1 Å². The van der Waals surface area contributed by atoms with Gasteiger partial charge in [-0.3, -0.25) is 4.79 Å². The molecule has 0 spiro atoms. The predicted octanol–water partition coefficient (Wildman–Crippen LogP) is 4.49. The highest BCUT2D eigenvalue weighted by Crippen LogP contribution is 2.36. The molecule has 1 aromatic carbocycles. The van der Waals surface area contributed by atoms with Gasteiger partial charge in [-0.05, 0) is 37.8 Å². The van der Waals surface area contributed by atoms with Crippen molar-refractivity contribution < 1.29 is 4.79 Å². The first-order valence-electron chi connectivity index (χ1n) is 8.99. The van der Waals surface area contributed by atoms with E-state index in [0.29, 0.717) is 11.5 Å². The van der Waals surface area contributed by atoms with Gasteiger partial charge in [0, 0.05) is 23.7 Å². The fourth-order valence-corrected chi connectivity index (χ4v) is 4.62. The van der Waals surface area contributed by atoms with Crippen LogP contribution in [0.5, 0.6) is 0 Å². The van der Waals surface area contributed by atoms with Crippen molar-refractivity contribution in [2.24, 2.45) is 5.92 Å². The summed E-state index contributed by atoms with van der Waals surface area (Å²) in [6.45, 7) is 6.20. The third kappa shape index (κ3) is 3.17. The Morgan fingerprint density at radius 1 is 1.27 bits per heavy atom. The molecule has 0 bridgehead atoms. The minimum absolute atomic E-state index is 0.0962. The van der Waals surface area contributed by atoms with E-state index in [2.05, 4.69) is 27.1 Å². The van der Waals surface area contributed by atoms with Gasteiger partial charge in [0.2, 0.25) is 0 Å². The number of fused-ring (bicyclic) bond motifs is 1. The monoisotopic (exact) mass is 366 g/mol. The van der Waals surface area contributed by atoms with E-state index in [9.17, 15) is 4.79 Å². The molecule has 1 atom stereocenters. The van der Waals surface area contributed by atoms with Crippen LogP contribution in [0.3, 0.4) is 0 Å². The van der Waals surface area contributed by atoms with Crippen molar-refractivity contribution in [1.82, 2.24) is 9.97 Å². The number of para-hydroxylation sites is 1. The largest absolute Gasteiger partial charge is 0.356 e. The number of hydrogen-bond acceptors (Lipinski definition) is 5. The van der Waals surface area contributed by atoms with Gasteiger partial charge in [0.1, 0.15) is 17.0 Å². The summed E-state index contributed by atoms with van der Waals surface area (Å²) < 4.78 is 0. The highest BCUT2D eigenvalue weighted by molar-refractivity contribution is 7.19. The van der Waals surface area contributed by atoms with Gasteiger partial charge in [0.25, 0.3) is 5.91 Å². The molecule has 3 heterocycles. The first kappa shape index (κ1) is 17.0. The number of thiophene rings is 1. The number of nitrogens with zero attached hydrogens (tertiary/aromatic N) is 3. The molecular formula is C20H22N4OS. The topological polar surface area (TPSA) is 58.1 Å². The Balaban J connectivity index is 1.77. The van der Waals surface area contributed by atoms with Crippen LogP contribution in [0.1, 0.15) is 35.0 Å². The van der Waals surface area contributed by atoms with E-state index in [1.165, 1.54) is 6.42 Å². The Morgan fingerprint density at radius 2 is 2.08 bits per heavy atom. The molecule has 1 N–H and O–H groups in total. The van der Waals surface area contributed by atoms with Gasteiger partial charge in [-0.25, -0.2) is 9.97 Å². The average Bonchev–Trinajstić information content (AvgIpc) is 2.98. The summed E-state index contributed by atoms with van der Waals surface area (Å²) in [4.78, 5) is 26.2. The van der Waals surface area contributed by atoms with E-state index in [0.717, 1.165) is 46.1 Å². The van der Waals surface area contributed by atoms with Crippen molar-refractivity contribution in [3.05, 3.63) is 47.1 Å². The second-order valence-electron chi connectivity index (χ2n) is 6.92. The molecular weight excluding hydrogens is 344 g/mol. The van der Waals surface area contributed by atoms with Crippen LogP contribution >= 0.6 is 11.3 Å². The predicted molar refractivity (Wildman–Crippen MR) is 107 cm³/mol. The normalized spacial score (nSPS) is 17.5. The van der Waals surface area contributed by atoms with E-state index in [-0.39, 0.29) is 5.91 Å². The zero-order valence-corrected chi connectivity index (χ0v) is 15.8. The number of anilines is 2. The summed E-state index contributed by atoms with van der Waals surface area (Å²) in [5.74, 6) is 1.43. The number of hydrogen-bond donors (Lipinski definition) is 1. The Hall–Kier alpha value is -2.47. The Kier molecular flexibility index (Phi) is 4.59. The zero-order valence-electron chi connectivity index (χ0n) is 15.0. The van der Waals surface area contributed by atoms with E-state index < -0.39 is 0 Å². The number of carbonyl (C=O) groups is 1. The van der Waals surface area contributed by atoms with E-state index in [1.54, 1.807) is 17.7 Å². The van der Waals surface area contributed by atoms with Gasteiger partial charge in [-0.2, -0.15) is 0 Å². The van der Waals surface area contributed by atoms with E-state index in [1.807, 2.05) is 37.3 Å². The van der Waals surface area contributed by atoms with Crippen LogP contribution in [-0.2, 0) is 0 Å². The van der Waals surface area contributed by atoms with Gasteiger partial charge in [0.05, 0.1) is 10.9 Å². The van der Waals surface area contributed by atoms with Crippen LogP contribution < -0.4 is 10.2 Å². The maximum atomic E-state index is 13.0. The Morgan fingerprint density at radius 3 is 2.85 bits per heavy atom. The SMILES string of the molecule is Cc1sc2ncnc(N3CCC[C@H](C)C3)c2c1C(=O)Nc1ccccc1. The number of amides is 1. The number of carbonyl (C=O) groups excluding carboxylic acids is 1. The van der Waals surface area contributed by atoms with Gasteiger partial charge >= 0.3 is 0 Å². The molecule has 6 heteroatoms. The summed E-state index contributed by atoms with van der Waals surface area (Å²) >= 11 is 1.56. The first-order chi connectivity index (χ1) is 12.6. The van der Waals surface area contributed by atoms with Gasteiger partial charge < -0.3 is 10.2 Å². The van der Waals surface area contributed by atoms with Crippen molar-refractivity contribution in [1.29, 1.82) is 0 Å². The van der Waals surface area contributed by atoms with Crippen molar-refractivity contribution in [2.45, 2.75) is 26.7 Å². The molecule has 5 nitrogen and oxygen atoms in total. The lowest BCUT2D eigenvalue weighted by molar-refractivity contribution is 0.102. The van der Waals surface area contributed by atoms with Crippen molar-refractivity contribution in [2.75, 3.05) is 23.3 Å². The molecule has 0 radical (unpaired) electrons. The van der Waals surface area contributed by atoms with Crippen LogP contribution in [0.15, 0.2) is 36.7 Å². The fraction of sp³-hybridized carbons (Fsp3) is 0.350. The summed E-state index contributed by atoms with van der Waals surface area (Å²) in [5.41, 5.74) is 1.49. The molecule has 0 aliphatic carbocycles. The fourth-order valence-electron chi connectivity index (χ4n) is 3.64. The van der Waals surface area contributed by atoms with Crippen molar-refractivity contribution >= 4 is 39.0 Å². The summed E-state index contributed by atoms with van der Waals surface area (Å²) in [6.07, 6.45) is 4.02. The average molecular weight is 366 g/mol. The van der Waals surface area contributed by atoms with Crippen LogP contribution in [0.2, 0.25) is 0 Å². The molecule has 1 aliphatic rings. The molecule has 1 saturated heterocycles. The van der Waals surface area contributed by atoms with E-state index >= 15 is 0 Å². The lowest BCUT2D eigenvalue weighted by Gasteiger charge is -2.32. The smallest absolute Gasteiger partial charge is 0.257 e. The van der Waals surface area contributed by atoms with Crippen molar-refractivity contribution in [3.63, 3.8) is 0 Å². The molecule has 1 aliphatic heterocycles. The highest BCUT2D eigenvalue weighted by atomic mass is 32.1. The second-order valence-corrected chi connectivity index (χ2v) is 8.13. The molecule has 4 rings (SSSR count). The maximum absolute atomic E-state index is 13.0. The lowest BCUT2D eigenvalue weighted by Crippen LogP contribution is -2.35. The number of aromatic nitrogens is 2. The summed E-state index contributed by atoms with van der Waals surface area (Å²) in [7, 11) is 0. The third-order valence-corrected chi connectivity index (χ3v) is 5.87. The third-order valence-electron chi connectivity index (χ3n) is 4.86. The maximum Gasteiger partial charge on any atom is 0.257 e. The van der Waals surface area contributed by atoms with Gasteiger partial charge in [-0.15, -0.1) is 11.3 Å². The van der Waals surface area contributed by atoms with Crippen LogP contribution in [0, 0.1) is 12.8 Å². The Bertz CT molecular complexity index is 938.